The Morgan fingerprint density at radius 2 is 0.885 bits per heavy atom. The van der Waals surface area contributed by atoms with E-state index < -0.39 is 194 Å². The molecule has 0 bridgehead atoms. The minimum Gasteiger partial charge on any atom is -0.508 e. The van der Waals surface area contributed by atoms with Gasteiger partial charge in [-0.15, -0.1) is 0 Å². The summed E-state index contributed by atoms with van der Waals surface area (Å²) >= 11 is 0. The van der Waals surface area contributed by atoms with Crippen LogP contribution in [0.1, 0.15) is 129 Å². The lowest BCUT2D eigenvalue weighted by atomic mass is 9.96. The van der Waals surface area contributed by atoms with E-state index in [9.17, 15) is 87.2 Å². The lowest BCUT2D eigenvalue weighted by molar-refractivity contribution is -0.137. The number of carbonyl (C=O) groups excluding carboxylic acids is 15. The summed E-state index contributed by atoms with van der Waals surface area (Å²) in [5, 5.41) is 65.2. The van der Waals surface area contributed by atoms with Crippen LogP contribution in [0.15, 0.2) is 85.2 Å². The highest BCUT2D eigenvalue weighted by atomic mass is 16.3. The highest BCUT2D eigenvalue weighted by Crippen LogP contribution is 2.23. The van der Waals surface area contributed by atoms with Crippen LogP contribution in [0.3, 0.4) is 0 Å². The fourth-order valence-corrected chi connectivity index (χ4v) is 12.0. The number of aromatic amines is 2. The molecule has 0 spiro atoms. The fraction of sp³-hybridized carbons (Fsp3) is 0.513. The van der Waals surface area contributed by atoms with Crippen molar-refractivity contribution < 1.29 is 87.2 Å². The second-order valence-corrected chi connectivity index (χ2v) is 28.3. The first kappa shape index (κ1) is 92.0. The molecular weight excluding hydrogens is 1470 g/mol. The van der Waals surface area contributed by atoms with Crippen molar-refractivity contribution in [2.24, 2.45) is 34.8 Å². The number of aromatic nitrogens is 2. The number of hydrogen-bond acceptors (Lipinski definition) is 20. The molecule has 0 saturated heterocycles. The molecule has 3 aromatic carbocycles. The zero-order valence-corrected chi connectivity index (χ0v) is 64.5. The van der Waals surface area contributed by atoms with Gasteiger partial charge in [0.1, 0.15) is 66.2 Å². The zero-order chi connectivity index (χ0) is 83.4. The van der Waals surface area contributed by atoms with Gasteiger partial charge in [-0.25, -0.2) is 0 Å². The number of amides is 15. The van der Waals surface area contributed by atoms with E-state index in [4.69, 9.17) is 22.9 Å². The maximum atomic E-state index is 14.9. The van der Waals surface area contributed by atoms with E-state index in [0.29, 0.717) is 50.8 Å². The van der Waals surface area contributed by atoms with Crippen molar-refractivity contribution in [3.8, 4) is 5.75 Å². The molecule has 0 saturated carbocycles. The molecule has 113 heavy (non-hydrogen) atoms. The number of benzene rings is 3. The normalized spacial score (nSPS) is 14.4. The third kappa shape index (κ3) is 30.9. The van der Waals surface area contributed by atoms with Crippen LogP contribution >= 0.6 is 0 Å². The molecule has 618 valence electrons. The number of aromatic hydroxyl groups is 1. The van der Waals surface area contributed by atoms with E-state index >= 15 is 0 Å². The monoisotopic (exact) mass is 1580 g/mol. The van der Waals surface area contributed by atoms with Gasteiger partial charge in [-0.1, -0.05) is 102 Å². The number of fused-ring (bicyclic) bond motifs is 2. The average Bonchev–Trinajstić information content (AvgIpc) is 1.68. The minimum atomic E-state index is -1.83. The van der Waals surface area contributed by atoms with Gasteiger partial charge in [-0.3, -0.25) is 71.9 Å². The Balaban J connectivity index is 1.31. The van der Waals surface area contributed by atoms with Crippen molar-refractivity contribution in [2.45, 2.75) is 198 Å². The fourth-order valence-electron chi connectivity index (χ4n) is 12.0. The Morgan fingerprint density at radius 3 is 1.40 bits per heavy atom. The largest absolute Gasteiger partial charge is 0.508 e. The molecule has 0 aliphatic carbocycles. The van der Waals surface area contributed by atoms with Gasteiger partial charge in [-0.2, -0.15) is 0 Å². The number of phenolic OH excluding ortho intramolecular Hbond substituents is 1. The third-order valence-electron chi connectivity index (χ3n) is 18.6. The molecule has 37 nitrogen and oxygen atoms in total. The molecule has 0 unspecified atom stereocenters. The number of hydrogen-bond donors (Lipinski definition) is 22. The summed E-state index contributed by atoms with van der Waals surface area (Å²) in [4.78, 5) is 210. The van der Waals surface area contributed by atoms with Crippen molar-refractivity contribution in [1.29, 1.82) is 0 Å². The van der Waals surface area contributed by atoms with E-state index in [-0.39, 0.29) is 76.6 Å². The number of primary amides is 2. The number of H-pyrrole nitrogens is 2. The number of nitrogens with one attached hydrogen (secondary N) is 15. The van der Waals surface area contributed by atoms with Gasteiger partial charge in [0.15, 0.2) is 0 Å². The maximum Gasteiger partial charge on any atom is 0.245 e. The number of unbranched alkanes of at least 4 members (excludes halogenated alkanes) is 2. The molecule has 5 aromatic rings. The van der Waals surface area contributed by atoms with Crippen molar-refractivity contribution in [2.75, 3.05) is 39.3 Å². The van der Waals surface area contributed by atoms with Gasteiger partial charge in [-0.05, 0) is 112 Å². The Labute approximate surface area is 653 Å². The highest BCUT2D eigenvalue weighted by Gasteiger charge is 2.38. The zero-order valence-electron chi connectivity index (χ0n) is 64.5. The summed E-state index contributed by atoms with van der Waals surface area (Å²) in [7, 11) is 0. The lowest BCUT2D eigenvalue weighted by Crippen LogP contribution is -2.62. The highest BCUT2D eigenvalue weighted by molar-refractivity contribution is 6.01. The van der Waals surface area contributed by atoms with Crippen molar-refractivity contribution in [3.63, 3.8) is 0 Å². The van der Waals surface area contributed by atoms with Crippen molar-refractivity contribution in [1.82, 2.24) is 79.1 Å². The number of para-hydroxylation sites is 2. The third-order valence-corrected chi connectivity index (χ3v) is 18.6. The summed E-state index contributed by atoms with van der Waals surface area (Å²) in [5.74, 6) is -14.1. The van der Waals surface area contributed by atoms with Crippen LogP contribution in [0.25, 0.3) is 21.8 Å². The SMILES string of the molecule is CC[C@H](C)[C@H](NC(=O)[C@@H](NC(=O)[C@H](Cc1c[nH]c2ccccc12)NC(=O)[C@@H](C)NC(=O)CNC(=O)[C@H](CCCN)NC(=O)[C@@H](CCCN)NC(=O)[C@@H](Cc1c[nH]c2ccccc12)NC(=O)[C@@H](Cc1ccc(O)cc1)NC(=O)[C@@H](CO)NC(=O)CCCCCC(C)C)[C@@H](C)O)C(=O)N[C@@H](CC(N)=O)C(=O)NCC(=O)NCC(N)=O. The van der Waals surface area contributed by atoms with Gasteiger partial charge in [0.2, 0.25) is 88.6 Å². The first-order chi connectivity index (χ1) is 53.7. The molecule has 5 rings (SSSR count). The predicted molar refractivity (Wildman–Crippen MR) is 416 cm³/mol. The van der Waals surface area contributed by atoms with Crippen LogP contribution in [-0.2, 0) is 91.2 Å². The molecule has 0 fully saturated rings. The van der Waals surface area contributed by atoms with Crippen LogP contribution in [0.4, 0.5) is 0 Å². The van der Waals surface area contributed by atoms with Crippen molar-refractivity contribution >= 4 is 110 Å². The van der Waals surface area contributed by atoms with E-state index in [0.717, 1.165) is 26.2 Å². The van der Waals surface area contributed by atoms with Crippen molar-refractivity contribution in [3.05, 3.63) is 102 Å². The molecule has 2 aromatic heterocycles. The lowest BCUT2D eigenvalue weighted by Gasteiger charge is -2.30. The Kier molecular flexibility index (Phi) is 38.2. The Hall–Kier alpha value is -11.6. The summed E-state index contributed by atoms with van der Waals surface area (Å²) in [5.41, 5.74) is 25.1. The number of rotatable bonds is 50. The van der Waals surface area contributed by atoms with Crippen LogP contribution in [0.5, 0.6) is 5.75 Å². The maximum absolute atomic E-state index is 14.9. The molecule has 0 aliphatic heterocycles. The molecule has 26 N–H and O–H groups in total. The van der Waals surface area contributed by atoms with E-state index in [1.165, 1.54) is 31.2 Å². The van der Waals surface area contributed by atoms with Gasteiger partial charge in [0.25, 0.3) is 0 Å². The number of aliphatic hydroxyl groups is 2. The van der Waals surface area contributed by atoms with Gasteiger partial charge >= 0.3 is 0 Å². The standard InChI is InChI=1S/C76H111N19O18/c1-7-42(4)65(75(112)93-58(34-60(79)99)69(106)84-38-63(102)83-37-61(80)100)94-76(113)66(44(6)97)95-73(110)57(33-47-36-82-52-21-14-12-19-50(47)52)90-67(104)43(5)86-64(103)39-85-68(105)53(22-15-29-77)88-70(107)54(23-16-30-78)89-72(109)56(32-46-35-81-51-20-13-11-18-49(46)51)92-71(108)55(31-45-25-27-48(98)28-26-45)91-74(111)59(40-96)87-62(101)24-10-8-9-17-41(2)3/h11-14,18-21,25-28,35-36,41-44,53-59,65-66,81-82,96-98H,7-10,15-17,22-24,29-34,37-40,77-78H2,1-6H3,(H2,79,99)(H2,80,100)(H,83,102)(H,84,106)(H,85,105)(H,86,103)(H,87,101)(H,88,107)(H,89,109)(H,90,104)(H,91,111)(H,92,108)(H,93,112)(H,94,113)(H,95,110)/t42-,43+,44+,53-,54+,55+,56+,57-,58-,59+,65-,66-/m0/s1. The Bertz CT molecular complexity index is 4070. The summed E-state index contributed by atoms with van der Waals surface area (Å²) in [6, 6.07) is 4.58. The molecule has 37 heteroatoms. The Morgan fingerprint density at radius 1 is 0.425 bits per heavy atom. The first-order valence-corrected chi connectivity index (χ1v) is 37.7. The van der Waals surface area contributed by atoms with E-state index in [1.807, 2.05) is 0 Å². The number of phenols is 1. The van der Waals surface area contributed by atoms with Crippen LogP contribution in [0, 0.1) is 11.8 Å². The molecule has 0 aliphatic rings. The number of nitrogens with two attached hydrogens (primary N) is 4. The van der Waals surface area contributed by atoms with Gasteiger partial charge < -0.3 is 117 Å². The van der Waals surface area contributed by atoms with Crippen LogP contribution in [-0.4, -0.2) is 220 Å². The summed E-state index contributed by atoms with van der Waals surface area (Å²) < 4.78 is 0. The molecule has 12 atom stereocenters. The number of aliphatic hydroxyl groups excluding tert-OH is 2. The quantitative estimate of drug-likeness (QED) is 0.0168. The van der Waals surface area contributed by atoms with Crippen LogP contribution < -0.4 is 92.1 Å². The van der Waals surface area contributed by atoms with Gasteiger partial charge in [0.05, 0.1) is 38.8 Å². The van der Waals surface area contributed by atoms with Crippen LogP contribution in [0.2, 0.25) is 0 Å². The topological polar surface area (TPSA) is 609 Å². The predicted octanol–water partition coefficient (Wildman–Crippen LogP) is -3.54. The molecular formula is C76H111N19O18. The smallest absolute Gasteiger partial charge is 0.245 e. The molecule has 2 heterocycles. The van der Waals surface area contributed by atoms with E-state index in [2.05, 4.69) is 92.9 Å². The van der Waals surface area contributed by atoms with E-state index in [1.54, 1.807) is 74.8 Å². The first-order valence-electron chi connectivity index (χ1n) is 37.7. The summed E-state index contributed by atoms with van der Waals surface area (Å²) in [6.07, 6.45) is 3.77. The second-order valence-electron chi connectivity index (χ2n) is 28.3. The molecule has 0 radical (unpaired) electrons. The van der Waals surface area contributed by atoms with Gasteiger partial charge in [0, 0.05) is 59.9 Å². The molecule has 15 amide bonds. The second kappa shape index (κ2) is 46.9. The summed E-state index contributed by atoms with van der Waals surface area (Å²) in [6.45, 7) is 7.07. The average molecular weight is 1580 g/mol. The number of carbonyl (C=O) groups is 15. The minimum absolute atomic E-state index is 0.0406.